The quantitative estimate of drug-likeness (QED) is 0.405. The molecule has 1 aliphatic heterocycles. The number of halogens is 1. The first kappa shape index (κ1) is 18.6. The number of fused-ring (bicyclic) bond motifs is 3. The van der Waals surface area contributed by atoms with E-state index < -0.39 is 0 Å². The maximum Gasteiger partial charge on any atom is 0.228 e. The van der Waals surface area contributed by atoms with E-state index in [1.54, 1.807) is 0 Å². The van der Waals surface area contributed by atoms with E-state index in [0.717, 1.165) is 39.5 Å². The minimum absolute atomic E-state index is 0.415. The number of nitrogens with zero attached hydrogens (tertiary/aromatic N) is 2. The predicted molar refractivity (Wildman–Crippen MR) is 121 cm³/mol. The molecule has 0 fully saturated rings. The Kier molecular flexibility index (Phi) is 4.64. The molecule has 0 aliphatic carbocycles. The summed E-state index contributed by atoms with van der Waals surface area (Å²) in [5.41, 5.74) is 7.90. The monoisotopic (exact) mass is 413 g/mol. The van der Waals surface area contributed by atoms with Gasteiger partial charge in [-0.1, -0.05) is 41.9 Å². The standard InChI is InChI=1S/C25H20ClN3O/c1-15-10-16(2)12-19(11-15)27-25-28-23(17-6-5-7-18(26)13-17)21-14-30-22-9-4-3-8-20(22)24(21)29-25/h3-13H,14H2,1-2H3,(H,27,28,29). The summed E-state index contributed by atoms with van der Waals surface area (Å²) in [4.78, 5) is 9.75. The minimum atomic E-state index is 0.415. The Balaban J connectivity index is 1.70. The van der Waals surface area contributed by atoms with Gasteiger partial charge >= 0.3 is 0 Å². The van der Waals surface area contributed by atoms with Gasteiger partial charge in [0.15, 0.2) is 0 Å². The average molecular weight is 414 g/mol. The van der Waals surface area contributed by atoms with Gasteiger partial charge in [-0.05, 0) is 61.4 Å². The molecular formula is C25H20ClN3O. The molecule has 0 unspecified atom stereocenters. The number of rotatable bonds is 3. The lowest BCUT2D eigenvalue weighted by Crippen LogP contribution is -2.12. The van der Waals surface area contributed by atoms with E-state index >= 15 is 0 Å². The molecule has 1 N–H and O–H groups in total. The highest BCUT2D eigenvalue weighted by atomic mass is 35.5. The van der Waals surface area contributed by atoms with Crippen LogP contribution in [-0.4, -0.2) is 9.97 Å². The van der Waals surface area contributed by atoms with Crippen LogP contribution in [0, 0.1) is 13.8 Å². The third kappa shape index (κ3) is 3.51. The second kappa shape index (κ2) is 7.47. The van der Waals surface area contributed by atoms with E-state index in [9.17, 15) is 0 Å². The van der Waals surface area contributed by atoms with Crippen LogP contribution in [0.3, 0.4) is 0 Å². The number of aromatic nitrogens is 2. The van der Waals surface area contributed by atoms with Gasteiger partial charge in [0.1, 0.15) is 12.4 Å². The Morgan fingerprint density at radius 3 is 2.43 bits per heavy atom. The molecule has 0 saturated carbocycles. The number of hydrogen-bond acceptors (Lipinski definition) is 4. The Morgan fingerprint density at radius 2 is 1.63 bits per heavy atom. The summed E-state index contributed by atoms with van der Waals surface area (Å²) in [6, 6.07) is 22.0. The molecule has 1 aromatic heterocycles. The van der Waals surface area contributed by atoms with Crippen molar-refractivity contribution in [3.05, 3.63) is 88.4 Å². The highest BCUT2D eigenvalue weighted by molar-refractivity contribution is 6.30. The van der Waals surface area contributed by atoms with Gasteiger partial charge in [0.05, 0.1) is 11.4 Å². The number of para-hydroxylation sites is 1. The zero-order chi connectivity index (χ0) is 20.7. The Hall–Kier alpha value is -3.37. The number of benzene rings is 3. The van der Waals surface area contributed by atoms with E-state index in [4.69, 9.17) is 26.3 Å². The van der Waals surface area contributed by atoms with Crippen LogP contribution in [-0.2, 0) is 6.61 Å². The van der Waals surface area contributed by atoms with Crippen molar-refractivity contribution in [2.24, 2.45) is 0 Å². The van der Waals surface area contributed by atoms with Crippen molar-refractivity contribution >= 4 is 23.2 Å². The van der Waals surface area contributed by atoms with E-state index in [1.165, 1.54) is 11.1 Å². The largest absolute Gasteiger partial charge is 0.488 e. The van der Waals surface area contributed by atoms with Gasteiger partial charge in [-0.15, -0.1) is 0 Å². The van der Waals surface area contributed by atoms with Crippen LogP contribution in [0.4, 0.5) is 11.6 Å². The third-order valence-electron chi connectivity index (χ3n) is 5.10. The summed E-state index contributed by atoms with van der Waals surface area (Å²) in [6.07, 6.45) is 0. The smallest absolute Gasteiger partial charge is 0.228 e. The molecule has 148 valence electrons. The van der Waals surface area contributed by atoms with Crippen molar-refractivity contribution in [1.29, 1.82) is 0 Å². The summed E-state index contributed by atoms with van der Waals surface area (Å²) in [5.74, 6) is 1.38. The lowest BCUT2D eigenvalue weighted by molar-refractivity contribution is 0.301. The van der Waals surface area contributed by atoms with Crippen molar-refractivity contribution in [3.8, 4) is 28.3 Å². The molecule has 0 spiro atoms. The zero-order valence-corrected chi connectivity index (χ0v) is 17.5. The number of nitrogens with one attached hydrogen (secondary N) is 1. The zero-order valence-electron chi connectivity index (χ0n) is 16.7. The normalized spacial score (nSPS) is 12.0. The lowest BCUT2D eigenvalue weighted by atomic mass is 9.98. The van der Waals surface area contributed by atoms with Gasteiger partial charge in [0.2, 0.25) is 5.95 Å². The molecular weight excluding hydrogens is 394 g/mol. The van der Waals surface area contributed by atoms with Crippen LogP contribution >= 0.6 is 11.6 Å². The van der Waals surface area contributed by atoms with E-state index in [1.807, 2.05) is 48.5 Å². The van der Waals surface area contributed by atoms with Gasteiger partial charge in [0.25, 0.3) is 0 Å². The van der Waals surface area contributed by atoms with Crippen LogP contribution in [0.5, 0.6) is 5.75 Å². The van der Waals surface area contributed by atoms with E-state index in [0.29, 0.717) is 17.6 Å². The second-order valence-electron chi connectivity index (χ2n) is 7.52. The number of aryl methyl sites for hydroxylation is 2. The SMILES string of the molecule is Cc1cc(C)cc(Nc2nc(-c3cccc(Cl)c3)c3c(n2)-c2ccccc2OC3)c1. The molecule has 4 aromatic rings. The van der Waals surface area contributed by atoms with Crippen LogP contribution in [0.2, 0.25) is 5.02 Å². The molecule has 5 heteroatoms. The number of hydrogen-bond donors (Lipinski definition) is 1. The summed E-state index contributed by atoms with van der Waals surface area (Å²) in [6.45, 7) is 4.58. The molecule has 1 aliphatic rings. The summed E-state index contributed by atoms with van der Waals surface area (Å²) < 4.78 is 6.00. The summed E-state index contributed by atoms with van der Waals surface area (Å²) in [5, 5.41) is 4.06. The first-order valence-corrected chi connectivity index (χ1v) is 10.2. The predicted octanol–water partition coefficient (Wildman–Crippen LogP) is 6.72. The average Bonchev–Trinajstić information content (AvgIpc) is 2.72. The lowest BCUT2D eigenvalue weighted by Gasteiger charge is -2.23. The molecule has 0 amide bonds. The van der Waals surface area contributed by atoms with Crippen LogP contribution in [0.25, 0.3) is 22.5 Å². The number of anilines is 2. The topological polar surface area (TPSA) is 47.0 Å². The summed E-state index contributed by atoms with van der Waals surface area (Å²) in [7, 11) is 0. The molecule has 30 heavy (non-hydrogen) atoms. The third-order valence-corrected chi connectivity index (χ3v) is 5.33. The summed E-state index contributed by atoms with van der Waals surface area (Å²) >= 11 is 6.27. The van der Waals surface area contributed by atoms with Crippen molar-refractivity contribution < 1.29 is 4.74 Å². The van der Waals surface area contributed by atoms with Crippen LogP contribution < -0.4 is 10.1 Å². The van der Waals surface area contributed by atoms with Gasteiger partial charge in [-0.2, -0.15) is 0 Å². The van der Waals surface area contributed by atoms with Crippen molar-refractivity contribution in [2.45, 2.75) is 20.5 Å². The molecule has 0 saturated heterocycles. The Morgan fingerprint density at radius 1 is 0.867 bits per heavy atom. The fourth-order valence-electron chi connectivity index (χ4n) is 3.89. The molecule has 0 bridgehead atoms. The van der Waals surface area contributed by atoms with Crippen LogP contribution in [0.15, 0.2) is 66.7 Å². The second-order valence-corrected chi connectivity index (χ2v) is 7.96. The Labute approximate surface area is 180 Å². The van der Waals surface area contributed by atoms with E-state index in [2.05, 4.69) is 37.4 Å². The first-order chi connectivity index (χ1) is 14.6. The minimum Gasteiger partial charge on any atom is -0.488 e. The van der Waals surface area contributed by atoms with E-state index in [-0.39, 0.29) is 0 Å². The highest BCUT2D eigenvalue weighted by Crippen LogP contribution is 2.40. The van der Waals surface area contributed by atoms with Gasteiger partial charge in [0, 0.05) is 27.4 Å². The maximum atomic E-state index is 6.27. The van der Waals surface area contributed by atoms with Crippen molar-refractivity contribution in [3.63, 3.8) is 0 Å². The molecule has 4 nitrogen and oxygen atoms in total. The van der Waals surface area contributed by atoms with Gasteiger partial charge in [-0.3, -0.25) is 0 Å². The molecule has 5 rings (SSSR count). The van der Waals surface area contributed by atoms with Gasteiger partial charge < -0.3 is 10.1 Å². The first-order valence-electron chi connectivity index (χ1n) is 9.81. The van der Waals surface area contributed by atoms with Crippen LogP contribution in [0.1, 0.15) is 16.7 Å². The fourth-order valence-corrected chi connectivity index (χ4v) is 4.08. The molecule has 2 heterocycles. The van der Waals surface area contributed by atoms with Gasteiger partial charge in [-0.25, -0.2) is 9.97 Å². The Bertz CT molecular complexity index is 1250. The molecule has 3 aromatic carbocycles. The molecule has 0 radical (unpaired) electrons. The fraction of sp³-hybridized carbons (Fsp3) is 0.120. The number of ether oxygens (including phenoxy) is 1. The molecule has 0 atom stereocenters. The highest BCUT2D eigenvalue weighted by Gasteiger charge is 2.24. The van der Waals surface area contributed by atoms with Crippen molar-refractivity contribution in [1.82, 2.24) is 9.97 Å². The van der Waals surface area contributed by atoms with Crippen molar-refractivity contribution in [2.75, 3.05) is 5.32 Å². The maximum absolute atomic E-state index is 6.27.